The Morgan fingerprint density at radius 2 is 1.85 bits per heavy atom. The number of rotatable bonds is 7. The van der Waals surface area contributed by atoms with Gasteiger partial charge in [-0.1, -0.05) is 13.8 Å². The van der Waals surface area contributed by atoms with Crippen LogP contribution in [0.3, 0.4) is 0 Å². The average Bonchev–Trinajstić information content (AvgIpc) is 3.16. The van der Waals surface area contributed by atoms with Gasteiger partial charge in [-0.25, -0.2) is 8.78 Å². The second-order valence-corrected chi connectivity index (χ2v) is 6.05. The summed E-state index contributed by atoms with van der Waals surface area (Å²) in [6.45, 7) is 5.37. The van der Waals surface area contributed by atoms with Crippen LogP contribution in [0, 0.1) is 17.6 Å². The first-order valence-corrected chi connectivity index (χ1v) is 7.47. The number of halogens is 2. The van der Waals surface area contributed by atoms with E-state index in [9.17, 15) is 8.78 Å². The minimum atomic E-state index is -0.455. The number of hydrogen-bond acceptors (Lipinski definition) is 2. The van der Waals surface area contributed by atoms with Crippen molar-refractivity contribution in [3.05, 3.63) is 29.3 Å². The molecular formula is C16H24F2N2. The number of nitrogens with two attached hydrogens (primary N) is 1. The van der Waals surface area contributed by atoms with Gasteiger partial charge >= 0.3 is 0 Å². The van der Waals surface area contributed by atoms with Crippen LogP contribution in [0.4, 0.5) is 14.5 Å². The summed E-state index contributed by atoms with van der Waals surface area (Å²) in [7, 11) is 0. The van der Waals surface area contributed by atoms with Gasteiger partial charge in [0.05, 0.1) is 0 Å². The van der Waals surface area contributed by atoms with Crippen LogP contribution in [0.5, 0.6) is 0 Å². The zero-order chi connectivity index (χ0) is 14.7. The molecule has 0 amide bonds. The summed E-state index contributed by atoms with van der Waals surface area (Å²) in [5, 5.41) is 0. The van der Waals surface area contributed by atoms with E-state index in [0.717, 1.165) is 19.3 Å². The number of anilines is 1. The largest absolute Gasteiger partial charge is 0.364 e. The molecule has 2 nitrogen and oxygen atoms in total. The second kappa shape index (κ2) is 6.53. The topological polar surface area (TPSA) is 29.3 Å². The zero-order valence-corrected chi connectivity index (χ0v) is 12.3. The van der Waals surface area contributed by atoms with Crippen LogP contribution in [0.15, 0.2) is 12.1 Å². The molecule has 0 heterocycles. The Balaban J connectivity index is 2.23. The molecule has 2 rings (SSSR count). The molecule has 1 fully saturated rings. The number of nitrogens with zero attached hydrogens (tertiary/aromatic N) is 1. The van der Waals surface area contributed by atoms with E-state index in [2.05, 4.69) is 13.8 Å². The fraction of sp³-hybridized carbons (Fsp3) is 0.625. The maximum absolute atomic E-state index is 14.3. The normalized spacial score (nSPS) is 14.9. The lowest BCUT2D eigenvalue weighted by molar-refractivity contribution is 0.536. The molecule has 1 aliphatic carbocycles. The van der Waals surface area contributed by atoms with Crippen molar-refractivity contribution in [2.75, 3.05) is 18.0 Å². The highest BCUT2D eigenvalue weighted by Crippen LogP contribution is 2.35. The maximum atomic E-state index is 14.3. The molecule has 0 radical (unpaired) electrons. The molecule has 20 heavy (non-hydrogen) atoms. The Bertz CT molecular complexity index is 433. The summed E-state index contributed by atoms with van der Waals surface area (Å²) in [5.74, 6) is -0.382. The lowest BCUT2D eigenvalue weighted by Crippen LogP contribution is -2.29. The van der Waals surface area contributed by atoms with Gasteiger partial charge in [-0.2, -0.15) is 0 Å². The molecule has 1 aliphatic rings. The third-order valence-corrected chi connectivity index (χ3v) is 3.73. The molecule has 0 aromatic heterocycles. The molecule has 1 aromatic carbocycles. The summed E-state index contributed by atoms with van der Waals surface area (Å²) in [4.78, 5) is 1.91. The van der Waals surface area contributed by atoms with Crippen molar-refractivity contribution in [2.24, 2.45) is 11.7 Å². The molecule has 0 bridgehead atoms. The predicted octanol–water partition coefficient (Wildman–Crippen LogP) is 3.48. The van der Waals surface area contributed by atoms with Crippen molar-refractivity contribution in [1.82, 2.24) is 0 Å². The maximum Gasteiger partial charge on any atom is 0.149 e. The Hall–Kier alpha value is -1.16. The average molecular weight is 282 g/mol. The van der Waals surface area contributed by atoms with Crippen LogP contribution in [0.25, 0.3) is 0 Å². The van der Waals surface area contributed by atoms with Crippen molar-refractivity contribution in [1.29, 1.82) is 0 Å². The van der Waals surface area contributed by atoms with E-state index in [1.54, 1.807) is 0 Å². The monoisotopic (exact) mass is 282 g/mol. The van der Waals surface area contributed by atoms with Crippen molar-refractivity contribution in [2.45, 2.75) is 45.6 Å². The molecule has 0 atom stereocenters. The smallest absolute Gasteiger partial charge is 0.149 e. The highest BCUT2D eigenvalue weighted by atomic mass is 19.1. The first kappa shape index (κ1) is 15.2. The van der Waals surface area contributed by atoms with Gasteiger partial charge in [0.1, 0.15) is 17.3 Å². The van der Waals surface area contributed by atoms with Gasteiger partial charge in [0.25, 0.3) is 0 Å². The van der Waals surface area contributed by atoms with Gasteiger partial charge in [0.2, 0.25) is 0 Å². The molecule has 0 saturated heterocycles. The Morgan fingerprint density at radius 3 is 2.30 bits per heavy atom. The number of hydrogen-bond donors (Lipinski definition) is 1. The van der Waals surface area contributed by atoms with Crippen LogP contribution in [0.1, 0.15) is 38.7 Å². The van der Waals surface area contributed by atoms with Gasteiger partial charge in [0, 0.05) is 12.6 Å². The summed E-state index contributed by atoms with van der Waals surface area (Å²) in [6, 6.07) is 3.16. The van der Waals surface area contributed by atoms with Gasteiger partial charge in [-0.15, -0.1) is 0 Å². The van der Waals surface area contributed by atoms with Crippen LogP contribution in [-0.2, 0) is 6.42 Å². The molecule has 4 heteroatoms. The summed E-state index contributed by atoms with van der Waals surface area (Å²) in [5.41, 5.74) is 6.22. The van der Waals surface area contributed by atoms with Crippen LogP contribution < -0.4 is 10.6 Å². The molecule has 112 valence electrons. The van der Waals surface area contributed by atoms with E-state index in [1.165, 1.54) is 12.1 Å². The summed E-state index contributed by atoms with van der Waals surface area (Å²) < 4.78 is 28.5. The van der Waals surface area contributed by atoms with Crippen LogP contribution in [-0.4, -0.2) is 19.1 Å². The van der Waals surface area contributed by atoms with E-state index in [4.69, 9.17) is 5.73 Å². The van der Waals surface area contributed by atoms with E-state index < -0.39 is 11.6 Å². The van der Waals surface area contributed by atoms with Crippen molar-refractivity contribution in [3.63, 3.8) is 0 Å². The number of benzene rings is 1. The Morgan fingerprint density at radius 1 is 1.25 bits per heavy atom. The third kappa shape index (κ3) is 3.69. The van der Waals surface area contributed by atoms with Gasteiger partial charge < -0.3 is 10.6 Å². The first-order valence-electron chi connectivity index (χ1n) is 7.47. The minimum Gasteiger partial charge on any atom is -0.364 e. The van der Waals surface area contributed by atoms with Crippen molar-refractivity contribution < 1.29 is 8.78 Å². The summed E-state index contributed by atoms with van der Waals surface area (Å²) in [6.07, 6.45) is 3.51. The zero-order valence-electron chi connectivity index (χ0n) is 12.3. The highest BCUT2D eigenvalue weighted by Gasteiger charge is 2.32. The lowest BCUT2D eigenvalue weighted by atomic mass is 10.1. The van der Waals surface area contributed by atoms with E-state index in [1.807, 2.05) is 4.90 Å². The Kier molecular flexibility index (Phi) is 4.97. The van der Waals surface area contributed by atoms with Crippen molar-refractivity contribution in [3.8, 4) is 0 Å². The molecule has 0 unspecified atom stereocenters. The van der Waals surface area contributed by atoms with Crippen LogP contribution >= 0.6 is 0 Å². The molecule has 2 N–H and O–H groups in total. The molecule has 0 spiro atoms. The standard InChI is InChI=1S/C16H24F2N2/c1-11(2)6-8-20(13-3-4-13)16-14(17)9-12(5-7-19)10-15(16)18/h9-11,13H,3-8,19H2,1-2H3. The SMILES string of the molecule is CC(C)CCN(c1c(F)cc(CCN)cc1F)C1CC1. The van der Waals surface area contributed by atoms with Crippen molar-refractivity contribution >= 4 is 5.69 Å². The Labute approximate surface area is 120 Å². The minimum absolute atomic E-state index is 0.147. The lowest BCUT2D eigenvalue weighted by Gasteiger charge is -2.26. The summed E-state index contributed by atoms with van der Waals surface area (Å²) >= 11 is 0. The predicted molar refractivity (Wildman–Crippen MR) is 78.9 cm³/mol. The van der Waals surface area contributed by atoms with Crippen LogP contribution in [0.2, 0.25) is 0 Å². The van der Waals surface area contributed by atoms with Gasteiger partial charge in [-0.05, 0) is 55.8 Å². The fourth-order valence-corrected chi connectivity index (χ4v) is 2.46. The fourth-order valence-electron chi connectivity index (χ4n) is 2.46. The molecule has 0 aliphatic heterocycles. The van der Waals surface area contributed by atoms with Gasteiger partial charge in [0.15, 0.2) is 0 Å². The molecular weight excluding hydrogens is 258 g/mol. The van der Waals surface area contributed by atoms with Gasteiger partial charge in [-0.3, -0.25) is 0 Å². The highest BCUT2D eigenvalue weighted by molar-refractivity contribution is 5.52. The van der Waals surface area contributed by atoms with E-state index in [0.29, 0.717) is 37.0 Å². The van der Waals surface area contributed by atoms with E-state index in [-0.39, 0.29) is 5.69 Å². The first-order chi connectivity index (χ1) is 9.52. The molecule has 1 aromatic rings. The third-order valence-electron chi connectivity index (χ3n) is 3.73. The van der Waals surface area contributed by atoms with E-state index >= 15 is 0 Å². The quantitative estimate of drug-likeness (QED) is 0.829. The molecule has 1 saturated carbocycles. The second-order valence-electron chi connectivity index (χ2n) is 6.05.